The van der Waals surface area contributed by atoms with Crippen molar-refractivity contribution in [2.75, 3.05) is 13.7 Å². The molecule has 0 bridgehead atoms. The number of ether oxygens (including phenoxy) is 1. The third-order valence-electron chi connectivity index (χ3n) is 3.85. The van der Waals surface area contributed by atoms with Crippen molar-refractivity contribution in [3.63, 3.8) is 0 Å². The quantitative estimate of drug-likeness (QED) is 0.912. The van der Waals surface area contributed by atoms with Crippen LogP contribution in [0.4, 0.5) is 0 Å². The van der Waals surface area contributed by atoms with Crippen LogP contribution >= 0.6 is 0 Å². The SMILES string of the molecule is COc1ccccc1-n1cc(C(=O)NC[C@@]2(C)CC(C)=NO2)cn1. The standard InChI is InChI=1S/C17H20N4O3/c1-12-8-17(2,24-20-12)11-18-16(22)13-9-19-21(10-13)14-6-4-5-7-15(14)23-3/h4-7,9-10H,8,11H2,1-3H3,(H,18,22)/t17-/m1/s1. The molecule has 0 saturated carbocycles. The summed E-state index contributed by atoms with van der Waals surface area (Å²) in [4.78, 5) is 17.7. The van der Waals surface area contributed by atoms with Crippen LogP contribution in [0, 0.1) is 0 Å². The van der Waals surface area contributed by atoms with Crippen molar-refractivity contribution in [2.45, 2.75) is 25.9 Å². The number of carbonyl (C=O) groups excluding carboxylic acids is 1. The Morgan fingerprint density at radius 3 is 2.96 bits per heavy atom. The van der Waals surface area contributed by atoms with E-state index >= 15 is 0 Å². The van der Waals surface area contributed by atoms with E-state index in [9.17, 15) is 4.79 Å². The van der Waals surface area contributed by atoms with Gasteiger partial charge in [0.05, 0.1) is 31.1 Å². The normalized spacial score (nSPS) is 19.5. The molecular formula is C17H20N4O3. The molecule has 1 aliphatic rings. The minimum absolute atomic E-state index is 0.203. The Balaban J connectivity index is 1.68. The van der Waals surface area contributed by atoms with E-state index in [0.29, 0.717) is 24.3 Å². The Kier molecular flexibility index (Phi) is 4.24. The Bertz CT molecular complexity index is 784. The highest BCUT2D eigenvalue weighted by Gasteiger charge is 2.33. The molecule has 1 aliphatic heterocycles. The first-order valence-electron chi connectivity index (χ1n) is 7.69. The Labute approximate surface area is 140 Å². The van der Waals surface area contributed by atoms with Gasteiger partial charge in [0.1, 0.15) is 11.4 Å². The average Bonchev–Trinajstić information content (AvgIpc) is 3.20. The number of nitrogens with one attached hydrogen (secondary N) is 1. The molecule has 126 valence electrons. The van der Waals surface area contributed by atoms with Crippen molar-refractivity contribution in [2.24, 2.45) is 5.16 Å². The number of hydrogen-bond acceptors (Lipinski definition) is 5. The Morgan fingerprint density at radius 1 is 1.46 bits per heavy atom. The lowest BCUT2D eigenvalue weighted by Gasteiger charge is -2.21. The molecule has 1 aromatic heterocycles. The van der Waals surface area contributed by atoms with Crippen LogP contribution in [0.5, 0.6) is 5.75 Å². The lowest BCUT2D eigenvalue weighted by atomic mass is 10.0. The summed E-state index contributed by atoms with van der Waals surface area (Å²) in [5.74, 6) is 0.484. The monoisotopic (exact) mass is 328 g/mol. The Morgan fingerprint density at radius 2 is 2.25 bits per heavy atom. The molecule has 1 aromatic carbocycles. The number of hydrogen-bond donors (Lipinski definition) is 1. The fraction of sp³-hybridized carbons (Fsp3) is 0.353. The van der Waals surface area contributed by atoms with Crippen molar-refractivity contribution in [1.29, 1.82) is 0 Å². The van der Waals surface area contributed by atoms with Gasteiger partial charge in [0, 0.05) is 12.6 Å². The molecule has 0 spiro atoms. The van der Waals surface area contributed by atoms with Crippen LogP contribution in [0.2, 0.25) is 0 Å². The van der Waals surface area contributed by atoms with Crippen LogP contribution in [0.15, 0.2) is 41.8 Å². The summed E-state index contributed by atoms with van der Waals surface area (Å²) >= 11 is 0. The van der Waals surface area contributed by atoms with Gasteiger partial charge in [-0.25, -0.2) is 4.68 Å². The van der Waals surface area contributed by atoms with Gasteiger partial charge in [-0.1, -0.05) is 17.3 Å². The maximum atomic E-state index is 12.3. The lowest BCUT2D eigenvalue weighted by Crippen LogP contribution is -2.40. The van der Waals surface area contributed by atoms with Crippen molar-refractivity contribution in [3.05, 3.63) is 42.2 Å². The van der Waals surface area contributed by atoms with Crippen LogP contribution in [0.25, 0.3) is 5.69 Å². The fourth-order valence-electron chi connectivity index (χ4n) is 2.65. The maximum Gasteiger partial charge on any atom is 0.254 e. The second-order valence-corrected chi connectivity index (χ2v) is 6.07. The van der Waals surface area contributed by atoms with Crippen LogP contribution in [-0.2, 0) is 4.84 Å². The van der Waals surface area contributed by atoms with Gasteiger partial charge in [-0.3, -0.25) is 4.79 Å². The van der Waals surface area contributed by atoms with Crippen molar-refractivity contribution >= 4 is 11.6 Å². The highest BCUT2D eigenvalue weighted by molar-refractivity contribution is 5.94. The Hall–Kier alpha value is -2.83. The highest BCUT2D eigenvalue weighted by Crippen LogP contribution is 2.23. The zero-order valence-corrected chi connectivity index (χ0v) is 13.9. The van der Waals surface area contributed by atoms with E-state index in [2.05, 4.69) is 15.6 Å². The van der Waals surface area contributed by atoms with Crippen molar-refractivity contribution in [1.82, 2.24) is 15.1 Å². The molecule has 24 heavy (non-hydrogen) atoms. The minimum atomic E-state index is -0.488. The summed E-state index contributed by atoms with van der Waals surface area (Å²) in [6, 6.07) is 7.49. The number of rotatable bonds is 5. The van der Waals surface area contributed by atoms with Crippen LogP contribution in [0.1, 0.15) is 30.6 Å². The third kappa shape index (κ3) is 3.24. The van der Waals surface area contributed by atoms with E-state index in [-0.39, 0.29) is 5.91 Å². The summed E-state index contributed by atoms with van der Waals surface area (Å²) in [6.45, 7) is 4.21. The molecular weight excluding hydrogens is 308 g/mol. The molecule has 7 nitrogen and oxygen atoms in total. The second-order valence-electron chi connectivity index (χ2n) is 6.07. The number of carbonyl (C=O) groups is 1. The largest absolute Gasteiger partial charge is 0.494 e. The average molecular weight is 328 g/mol. The summed E-state index contributed by atoms with van der Waals surface area (Å²) in [6.07, 6.45) is 3.90. The molecule has 2 heterocycles. The van der Waals surface area contributed by atoms with E-state index in [1.807, 2.05) is 38.1 Å². The molecule has 1 N–H and O–H groups in total. The first kappa shape index (κ1) is 16.0. The first-order chi connectivity index (χ1) is 11.5. The lowest BCUT2D eigenvalue weighted by molar-refractivity contribution is -0.00181. The predicted octanol–water partition coefficient (Wildman–Crippen LogP) is 2.17. The van der Waals surface area contributed by atoms with E-state index in [4.69, 9.17) is 9.57 Å². The molecule has 1 amide bonds. The van der Waals surface area contributed by atoms with Gasteiger partial charge < -0.3 is 14.9 Å². The number of aromatic nitrogens is 2. The van der Waals surface area contributed by atoms with Crippen LogP contribution < -0.4 is 10.1 Å². The number of amides is 1. The zero-order chi connectivity index (χ0) is 17.2. The first-order valence-corrected chi connectivity index (χ1v) is 7.69. The van der Waals surface area contributed by atoms with Crippen LogP contribution in [-0.4, -0.2) is 40.7 Å². The molecule has 0 aliphatic carbocycles. The van der Waals surface area contributed by atoms with E-state index in [1.165, 1.54) is 6.20 Å². The summed E-state index contributed by atoms with van der Waals surface area (Å²) in [5, 5.41) is 11.1. The molecule has 0 saturated heterocycles. The van der Waals surface area contributed by atoms with Crippen LogP contribution in [0.3, 0.4) is 0 Å². The summed E-state index contributed by atoms with van der Waals surface area (Å²) in [7, 11) is 1.60. The molecule has 0 fully saturated rings. The number of benzene rings is 1. The molecule has 1 atom stereocenters. The molecule has 0 unspecified atom stereocenters. The highest BCUT2D eigenvalue weighted by atomic mass is 16.7. The topological polar surface area (TPSA) is 77.7 Å². The predicted molar refractivity (Wildman–Crippen MR) is 89.7 cm³/mol. The number of methoxy groups -OCH3 is 1. The fourth-order valence-corrected chi connectivity index (χ4v) is 2.65. The van der Waals surface area contributed by atoms with Gasteiger partial charge in [-0.15, -0.1) is 0 Å². The van der Waals surface area contributed by atoms with Gasteiger partial charge in [0.15, 0.2) is 5.60 Å². The van der Waals surface area contributed by atoms with Gasteiger partial charge in [-0.05, 0) is 26.0 Å². The summed E-state index contributed by atoms with van der Waals surface area (Å²) in [5.41, 5.74) is 1.68. The van der Waals surface area contributed by atoms with E-state index in [0.717, 1.165) is 11.4 Å². The van der Waals surface area contributed by atoms with Crippen molar-refractivity contribution < 1.29 is 14.4 Å². The van der Waals surface area contributed by atoms with Gasteiger partial charge in [-0.2, -0.15) is 5.10 Å². The van der Waals surface area contributed by atoms with Crippen molar-refractivity contribution in [3.8, 4) is 11.4 Å². The number of nitrogens with zero attached hydrogens (tertiary/aromatic N) is 3. The van der Waals surface area contributed by atoms with Gasteiger partial charge in [0.2, 0.25) is 0 Å². The molecule has 7 heteroatoms. The molecule has 0 radical (unpaired) electrons. The molecule has 3 rings (SSSR count). The second kappa shape index (κ2) is 6.35. The number of para-hydroxylation sites is 2. The summed E-state index contributed by atoms with van der Waals surface area (Å²) < 4.78 is 6.94. The maximum absolute atomic E-state index is 12.3. The smallest absolute Gasteiger partial charge is 0.254 e. The van der Waals surface area contributed by atoms with E-state index in [1.54, 1.807) is 18.0 Å². The third-order valence-corrected chi connectivity index (χ3v) is 3.85. The van der Waals surface area contributed by atoms with Gasteiger partial charge >= 0.3 is 0 Å². The minimum Gasteiger partial charge on any atom is -0.494 e. The zero-order valence-electron chi connectivity index (χ0n) is 13.9. The van der Waals surface area contributed by atoms with E-state index < -0.39 is 5.60 Å². The number of oxime groups is 1. The van der Waals surface area contributed by atoms with Gasteiger partial charge in [0.25, 0.3) is 5.91 Å². The molecule has 2 aromatic rings.